The lowest BCUT2D eigenvalue weighted by molar-refractivity contribution is -0.158. The monoisotopic (exact) mass is 255 g/mol. The van der Waals surface area contributed by atoms with Gasteiger partial charge in [0, 0.05) is 0 Å². The number of nitrogens with one attached hydrogen (secondary N) is 1. The van der Waals surface area contributed by atoms with Crippen LogP contribution in [0.3, 0.4) is 0 Å². The van der Waals surface area contributed by atoms with Gasteiger partial charge in [-0.3, -0.25) is 5.32 Å². The van der Waals surface area contributed by atoms with Crippen LogP contribution in [-0.2, 0) is 0 Å². The number of alkyl halides is 3. The highest BCUT2D eigenvalue weighted by molar-refractivity contribution is 5.21. The molecule has 2 unspecified atom stereocenters. The molecule has 0 radical (unpaired) electrons. The molecule has 1 aromatic carbocycles. The maximum atomic E-state index is 13.0. The Balaban J connectivity index is 2.91. The summed E-state index contributed by atoms with van der Waals surface area (Å²) < 4.78 is 39.0. The molecule has 18 heavy (non-hydrogen) atoms. The van der Waals surface area contributed by atoms with Crippen LogP contribution in [0.5, 0.6) is 0 Å². The van der Waals surface area contributed by atoms with Gasteiger partial charge in [0.25, 0.3) is 0 Å². The molecule has 0 saturated heterocycles. The first-order valence-electron chi connectivity index (χ1n) is 5.83. The fraction of sp³-hybridized carbons (Fsp3) is 0.429. The van der Waals surface area contributed by atoms with E-state index in [9.17, 15) is 13.2 Å². The molecule has 0 saturated carbocycles. The summed E-state index contributed by atoms with van der Waals surface area (Å²) in [4.78, 5) is 0. The first-order chi connectivity index (χ1) is 8.49. The largest absolute Gasteiger partial charge is 0.407 e. The van der Waals surface area contributed by atoms with Crippen molar-refractivity contribution in [3.8, 4) is 12.3 Å². The molecule has 1 nitrogen and oxygen atoms in total. The summed E-state index contributed by atoms with van der Waals surface area (Å²) in [5.41, 5.74) is 0.182. The molecule has 0 amide bonds. The first-order valence-corrected chi connectivity index (χ1v) is 5.83. The zero-order chi connectivity index (χ0) is 13.6. The Bertz CT molecular complexity index is 392. The molecule has 0 aliphatic carbocycles. The molecule has 0 fully saturated rings. The number of benzene rings is 1. The topological polar surface area (TPSA) is 12.0 Å². The van der Waals surface area contributed by atoms with Crippen molar-refractivity contribution in [2.24, 2.45) is 0 Å². The normalized spacial score (nSPS) is 14.8. The molecule has 0 spiro atoms. The van der Waals surface area contributed by atoms with Gasteiger partial charge in [0.2, 0.25) is 0 Å². The van der Waals surface area contributed by atoms with Crippen molar-refractivity contribution in [3.05, 3.63) is 35.9 Å². The molecule has 4 heteroatoms. The van der Waals surface area contributed by atoms with Gasteiger partial charge in [-0.25, -0.2) is 0 Å². The van der Waals surface area contributed by atoms with Crippen molar-refractivity contribution in [3.63, 3.8) is 0 Å². The van der Waals surface area contributed by atoms with Gasteiger partial charge in [0.15, 0.2) is 0 Å². The van der Waals surface area contributed by atoms with Crippen LogP contribution in [0.1, 0.15) is 31.4 Å². The quantitative estimate of drug-likeness (QED) is 0.791. The van der Waals surface area contributed by atoms with Crippen molar-refractivity contribution in [2.45, 2.75) is 38.0 Å². The van der Waals surface area contributed by atoms with Crippen molar-refractivity contribution in [1.29, 1.82) is 0 Å². The van der Waals surface area contributed by atoms with Crippen LogP contribution in [0.15, 0.2) is 30.3 Å². The van der Waals surface area contributed by atoms with Gasteiger partial charge >= 0.3 is 6.18 Å². The predicted octanol–water partition coefficient (Wildman–Crippen LogP) is 3.68. The Kier molecular flexibility index (Phi) is 5.24. The molecule has 2 atom stereocenters. The lowest BCUT2D eigenvalue weighted by atomic mass is 10.0. The third-order valence-corrected chi connectivity index (χ3v) is 2.61. The van der Waals surface area contributed by atoms with E-state index in [4.69, 9.17) is 6.42 Å². The van der Waals surface area contributed by atoms with E-state index in [2.05, 4.69) is 11.2 Å². The molecule has 0 aromatic heterocycles. The summed E-state index contributed by atoms with van der Waals surface area (Å²) in [6.45, 7) is 1.89. The molecule has 1 aromatic rings. The minimum atomic E-state index is -4.36. The van der Waals surface area contributed by atoms with Gasteiger partial charge in [0.05, 0.1) is 6.04 Å². The van der Waals surface area contributed by atoms with Gasteiger partial charge in [-0.2, -0.15) is 13.2 Å². The molecule has 0 aliphatic rings. The molecule has 1 rings (SSSR count). The average molecular weight is 255 g/mol. The first kappa shape index (κ1) is 14.6. The van der Waals surface area contributed by atoms with Crippen LogP contribution in [0, 0.1) is 12.3 Å². The molecule has 1 N–H and O–H groups in total. The molecular formula is C14H16F3N. The second-order valence-corrected chi connectivity index (χ2v) is 4.06. The van der Waals surface area contributed by atoms with E-state index in [1.807, 2.05) is 6.92 Å². The van der Waals surface area contributed by atoms with Gasteiger partial charge in [0.1, 0.15) is 6.04 Å². The smallest absolute Gasteiger partial charge is 0.289 e. The minimum absolute atomic E-state index is 0.182. The van der Waals surface area contributed by atoms with Gasteiger partial charge < -0.3 is 0 Å². The van der Waals surface area contributed by atoms with Crippen molar-refractivity contribution < 1.29 is 13.2 Å². The maximum Gasteiger partial charge on any atom is 0.407 e. The molecule has 0 bridgehead atoms. The summed E-state index contributed by atoms with van der Waals surface area (Å²) in [5, 5.41) is 2.50. The van der Waals surface area contributed by atoms with Crippen LogP contribution in [0.25, 0.3) is 0 Å². The van der Waals surface area contributed by atoms with Crippen LogP contribution < -0.4 is 5.32 Å². The molecular weight excluding hydrogens is 239 g/mol. The Morgan fingerprint density at radius 2 is 1.89 bits per heavy atom. The van der Waals surface area contributed by atoms with E-state index < -0.39 is 18.3 Å². The van der Waals surface area contributed by atoms with Crippen LogP contribution in [-0.4, -0.2) is 12.2 Å². The van der Waals surface area contributed by atoms with E-state index >= 15 is 0 Å². The van der Waals surface area contributed by atoms with E-state index in [-0.39, 0.29) is 5.56 Å². The van der Waals surface area contributed by atoms with Gasteiger partial charge in [-0.15, -0.1) is 6.42 Å². The summed E-state index contributed by atoms with van der Waals surface area (Å²) >= 11 is 0. The Hall–Kier alpha value is -1.47. The van der Waals surface area contributed by atoms with E-state index in [0.717, 1.165) is 6.42 Å². The summed E-state index contributed by atoms with van der Waals surface area (Å²) in [6, 6.07) is 5.46. The minimum Gasteiger partial charge on any atom is -0.289 e. The van der Waals surface area contributed by atoms with E-state index in [1.165, 1.54) is 12.1 Å². The highest BCUT2D eigenvalue weighted by Gasteiger charge is 2.41. The number of hydrogen-bond donors (Lipinski definition) is 1. The fourth-order valence-electron chi connectivity index (χ4n) is 1.73. The van der Waals surface area contributed by atoms with Crippen molar-refractivity contribution in [2.75, 3.05) is 0 Å². The Labute approximate surface area is 105 Å². The van der Waals surface area contributed by atoms with Gasteiger partial charge in [-0.1, -0.05) is 49.6 Å². The second kappa shape index (κ2) is 6.46. The fourth-order valence-corrected chi connectivity index (χ4v) is 1.73. The number of hydrogen-bond acceptors (Lipinski definition) is 1. The second-order valence-electron chi connectivity index (χ2n) is 4.06. The molecule has 98 valence electrons. The number of rotatable bonds is 5. The highest BCUT2D eigenvalue weighted by Crippen LogP contribution is 2.33. The van der Waals surface area contributed by atoms with Crippen LogP contribution >= 0.6 is 0 Å². The highest BCUT2D eigenvalue weighted by atomic mass is 19.4. The zero-order valence-corrected chi connectivity index (χ0v) is 10.2. The van der Waals surface area contributed by atoms with Crippen LogP contribution in [0.2, 0.25) is 0 Å². The summed E-state index contributed by atoms with van der Waals surface area (Å²) in [5.74, 6) is 2.36. The number of terminal acetylenes is 1. The third-order valence-electron chi connectivity index (χ3n) is 2.61. The lowest BCUT2D eigenvalue weighted by Crippen LogP contribution is -2.40. The van der Waals surface area contributed by atoms with Crippen LogP contribution in [0.4, 0.5) is 13.2 Å². The Morgan fingerprint density at radius 3 is 2.33 bits per heavy atom. The summed E-state index contributed by atoms with van der Waals surface area (Å²) in [7, 11) is 0. The average Bonchev–Trinajstić information content (AvgIpc) is 2.34. The number of halogens is 3. The third kappa shape index (κ3) is 4.08. The Morgan fingerprint density at radius 1 is 1.28 bits per heavy atom. The van der Waals surface area contributed by atoms with Gasteiger partial charge in [-0.05, 0) is 12.0 Å². The van der Waals surface area contributed by atoms with Crippen molar-refractivity contribution >= 4 is 0 Å². The maximum absolute atomic E-state index is 13.0. The van der Waals surface area contributed by atoms with E-state index in [1.54, 1.807) is 18.2 Å². The van der Waals surface area contributed by atoms with Crippen molar-refractivity contribution in [1.82, 2.24) is 5.32 Å². The summed E-state index contributed by atoms with van der Waals surface area (Å²) in [6.07, 6.45) is 2.15. The molecule has 0 heterocycles. The predicted molar refractivity (Wildman–Crippen MR) is 65.9 cm³/mol. The standard InChI is InChI=1S/C14H16F3N/c1-3-8-12(4-2)18-13(14(15,16)17)11-9-6-5-7-10-11/h2,5-7,9-10,12-13,18H,3,8H2,1H3. The SMILES string of the molecule is C#CC(CCC)NC(c1ccccc1)C(F)(F)F. The lowest BCUT2D eigenvalue weighted by Gasteiger charge is -2.25. The zero-order valence-electron chi connectivity index (χ0n) is 10.2. The van der Waals surface area contributed by atoms with E-state index in [0.29, 0.717) is 6.42 Å². The molecule has 0 aliphatic heterocycles.